The Kier molecular flexibility index (Phi) is 6.68. The molecule has 102 valence electrons. The topological polar surface area (TPSA) is 41.5 Å². The van der Waals surface area contributed by atoms with Crippen LogP contribution >= 0.6 is 0 Å². The van der Waals surface area contributed by atoms with Gasteiger partial charge in [-0.3, -0.25) is 0 Å². The van der Waals surface area contributed by atoms with Crippen molar-refractivity contribution in [3.8, 4) is 5.75 Å². The van der Waals surface area contributed by atoms with Crippen molar-refractivity contribution < 1.29 is 14.2 Å². The highest BCUT2D eigenvalue weighted by Gasteiger charge is 2.11. The van der Waals surface area contributed by atoms with Gasteiger partial charge in [-0.05, 0) is 51.4 Å². The van der Waals surface area contributed by atoms with Gasteiger partial charge in [-0.15, -0.1) is 0 Å². The summed E-state index contributed by atoms with van der Waals surface area (Å²) in [6, 6.07) is 4.64. The molecule has 0 spiro atoms. The van der Waals surface area contributed by atoms with Gasteiger partial charge in [0.1, 0.15) is 11.6 Å². The molecule has 3 nitrogen and oxygen atoms in total. The number of hydrogen-bond donors (Lipinski definition) is 2. The molecule has 0 aromatic heterocycles. The van der Waals surface area contributed by atoms with Crippen molar-refractivity contribution in [2.75, 3.05) is 20.3 Å². The molecule has 0 radical (unpaired) electrons. The maximum absolute atomic E-state index is 13.2. The Hall–Kier alpha value is -1.13. The van der Waals surface area contributed by atoms with Crippen LogP contribution in [0.5, 0.6) is 5.75 Å². The van der Waals surface area contributed by atoms with Gasteiger partial charge in [-0.2, -0.15) is 0 Å². The summed E-state index contributed by atoms with van der Waals surface area (Å²) < 4.78 is 18.9. The fraction of sp³-hybridized carbons (Fsp3) is 0.571. The Balaban J connectivity index is 2.58. The molecule has 18 heavy (non-hydrogen) atoms. The van der Waals surface area contributed by atoms with Crippen LogP contribution in [0.3, 0.4) is 0 Å². The fourth-order valence-corrected chi connectivity index (χ4v) is 1.72. The van der Waals surface area contributed by atoms with Crippen LogP contribution < -0.4 is 10.1 Å². The summed E-state index contributed by atoms with van der Waals surface area (Å²) in [5, 5.41) is 11.8. The third kappa shape index (κ3) is 4.63. The van der Waals surface area contributed by atoms with Gasteiger partial charge in [0, 0.05) is 18.2 Å². The number of nitrogens with one attached hydrogen (secondary N) is 1. The Morgan fingerprint density at radius 1 is 1.33 bits per heavy atom. The lowest BCUT2D eigenvalue weighted by Gasteiger charge is -2.16. The van der Waals surface area contributed by atoms with Gasteiger partial charge >= 0.3 is 0 Å². The first-order valence-electron chi connectivity index (χ1n) is 6.39. The Labute approximate surface area is 108 Å². The molecule has 0 aliphatic carbocycles. The number of unbranched alkanes of at least 4 members (excludes halogenated alkanes) is 2. The quantitative estimate of drug-likeness (QED) is 0.702. The zero-order chi connectivity index (χ0) is 13.4. The first-order chi connectivity index (χ1) is 8.69. The molecular formula is C14H22FNO2. The Morgan fingerprint density at radius 3 is 2.78 bits per heavy atom. The molecule has 1 aromatic carbocycles. The predicted molar refractivity (Wildman–Crippen MR) is 70.3 cm³/mol. The van der Waals surface area contributed by atoms with E-state index in [9.17, 15) is 4.39 Å². The van der Waals surface area contributed by atoms with Crippen LogP contribution in [0.2, 0.25) is 0 Å². The lowest BCUT2D eigenvalue weighted by Crippen LogP contribution is -2.14. The van der Waals surface area contributed by atoms with Crippen molar-refractivity contribution in [3.63, 3.8) is 0 Å². The van der Waals surface area contributed by atoms with Crippen molar-refractivity contribution >= 4 is 0 Å². The summed E-state index contributed by atoms with van der Waals surface area (Å²) in [6.07, 6.45) is 2.63. The van der Waals surface area contributed by atoms with Crippen LogP contribution in [-0.2, 0) is 0 Å². The molecule has 4 heteroatoms. The average molecular weight is 255 g/mol. The summed E-state index contributed by atoms with van der Waals surface area (Å²) in [5.74, 6) is 0.474. The molecule has 0 bridgehead atoms. The first-order valence-corrected chi connectivity index (χ1v) is 6.39. The maximum Gasteiger partial charge on any atom is 0.124 e. The van der Waals surface area contributed by atoms with Crippen LogP contribution in [0.1, 0.15) is 37.8 Å². The van der Waals surface area contributed by atoms with Gasteiger partial charge in [0.05, 0.1) is 6.61 Å². The zero-order valence-corrected chi connectivity index (χ0v) is 11.1. The standard InChI is InChI=1S/C14H22FNO2/c1-11(16-2)13-10-12(15)6-7-14(13)18-9-5-3-4-8-17/h6-7,10-11,16-17H,3-5,8-9H2,1-2H3. The number of rotatable bonds is 8. The lowest BCUT2D eigenvalue weighted by molar-refractivity contribution is 0.264. The van der Waals surface area contributed by atoms with E-state index in [4.69, 9.17) is 9.84 Å². The normalized spacial score (nSPS) is 12.4. The van der Waals surface area contributed by atoms with Gasteiger partial charge in [0.25, 0.3) is 0 Å². The summed E-state index contributed by atoms with van der Waals surface area (Å²) in [4.78, 5) is 0. The largest absolute Gasteiger partial charge is 0.493 e. The lowest BCUT2D eigenvalue weighted by atomic mass is 10.1. The van der Waals surface area contributed by atoms with Crippen molar-refractivity contribution in [2.45, 2.75) is 32.2 Å². The molecule has 0 aliphatic heterocycles. The number of benzene rings is 1. The second-order valence-corrected chi connectivity index (χ2v) is 4.33. The average Bonchev–Trinajstić information content (AvgIpc) is 2.39. The number of halogens is 1. The van der Waals surface area contributed by atoms with E-state index >= 15 is 0 Å². The van der Waals surface area contributed by atoms with Crippen LogP contribution in [-0.4, -0.2) is 25.4 Å². The summed E-state index contributed by atoms with van der Waals surface area (Å²) in [6.45, 7) is 2.78. The minimum Gasteiger partial charge on any atom is -0.493 e. The van der Waals surface area contributed by atoms with Gasteiger partial charge in [-0.1, -0.05) is 0 Å². The molecule has 1 rings (SSSR count). The molecule has 1 unspecified atom stereocenters. The van der Waals surface area contributed by atoms with Crippen molar-refractivity contribution in [3.05, 3.63) is 29.6 Å². The second kappa shape index (κ2) is 8.06. The smallest absolute Gasteiger partial charge is 0.124 e. The van der Waals surface area contributed by atoms with Gasteiger partial charge in [0.15, 0.2) is 0 Å². The van der Waals surface area contributed by atoms with Gasteiger partial charge < -0.3 is 15.2 Å². The molecule has 0 saturated carbocycles. The van der Waals surface area contributed by atoms with E-state index in [-0.39, 0.29) is 18.5 Å². The van der Waals surface area contributed by atoms with E-state index in [1.807, 2.05) is 14.0 Å². The highest BCUT2D eigenvalue weighted by atomic mass is 19.1. The number of ether oxygens (including phenoxy) is 1. The second-order valence-electron chi connectivity index (χ2n) is 4.33. The third-order valence-corrected chi connectivity index (χ3v) is 2.93. The van der Waals surface area contributed by atoms with Crippen molar-refractivity contribution in [2.24, 2.45) is 0 Å². The van der Waals surface area contributed by atoms with Gasteiger partial charge in [0.2, 0.25) is 0 Å². The highest BCUT2D eigenvalue weighted by molar-refractivity contribution is 5.36. The predicted octanol–water partition coefficient (Wildman–Crippen LogP) is 2.65. The van der Waals surface area contributed by atoms with E-state index in [2.05, 4.69) is 5.32 Å². The number of hydrogen-bond acceptors (Lipinski definition) is 3. The SMILES string of the molecule is CNC(C)c1cc(F)ccc1OCCCCCO. The van der Waals surface area contributed by atoms with E-state index in [1.54, 1.807) is 6.07 Å². The summed E-state index contributed by atoms with van der Waals surface area (Å²) in [5.41, 5.74) is 0.833. The van der Waals surface area contributed by atoms with Gasteiger partial charge in [-0.25, -0.2) is 4.39 Å². The summed E-state index contributed by atoms with van der Waals surface area (Å²) in [7, 11) is 1.83. The number of aliphatic hydroxyl groups is 1. The zero-order valence-electron chi connectivity index (χ0n) is 11.1. The third-order valence-electron chi connectivity index (χ3n) is 2.93. The molecule has 2 N–H and O–H groups in total. The fourth-order valence-electron chi connectivity index (χ4n) is 1.72. The molecule has 1 atom stereocenters. The molecule has 0 saturated heterocycles. The van der Waals surface area contributed by atoms with Crippen molar-refractivity contribution in [1.82, 2.24) is 5.32 Å². The minimum atomic E-state index is -0.250. The monoisotopic (exact) mass is 255 g/mol. The molecule has 0 heterocycles. The van der Waals surface area contributed by atoms with Crippen LogP contribution in [0.15, 0.2) is 18.2 Å². The minimum absolute atomic E-state index is 0.0492. The van der Waals surface area contributed by atoms with E-state index < -0.39 is 0 Å². The number of aliphatic hydroxyl groups excluding tert-OH is 1. The molecular weight excluding hydrogens is 233 g/mol. The first kappa shape index (κ1) is 14.9. The van der Waals surface area contributed by atoms with Crippen LogP contribution in [0.25, 0.3) is 0 Å². The molecule has 0 fully saturated rings. The highest BCUT2D eigenvalue weighted by Crippen LogP contribution is 2.26. The van der Waals surface area contributed by atoms with E-state index in [1.165, 1.54) is 12.1 Å². The Morgan fingerprint density at radius 2 is 2.11 bits per heavy atom. The van der Waals surface area contributed by atoms with Crippen molar-refractivity contribution in [1.29, 1.82) is 0 Å². The molecule has 0 amide bonds. The van der Waals surface area contributed by atoms with E-state index in [0.717, 1.165) is 30.6 Å². The molecule has 0 aliphatic rings. The summed E-state index contributed by atoms with van der Waals surface area (Å²) >= 11 is 0. The Bertz CT molecular complexity index is 358. The van der Waals surface area contributed by atoms with E-state index in [0.29, 0.717) is 6.61 Å². The van der Waals surface area contributed by atoms with Crippen LogP contribution in [0.4, 0.5) is 4.39 Å². The molecule has 1 aromatic rings. The maximum atomic E-state index is 13.2. The van der Waals surface area contributed by atoms with Crippen LogP contribution in [0, 0.1) is 5.82 Å².